The van der Waals surface area contributed by atoms with Gasteiger partial charge in [-0.25, -0.2) is 8.42 Å². The van der Waals surface area contributed by atoms with Gasteiger partial charge in [0.15, 0.2) is 5.75 Å². The Kier molecular flexibility index (Phi) is 7.15. The standard InChI is InChI=1S/C23H28N4O6S/c1-33-21-10-9-19(17-20(21)27(29)30)34(31,32)26-15-13-24(14-16-26)22(18-7-3-2-4-8-18)23(28)25-11-5-6-12-25/h2-4,7-10,17,22H,5-6,11-16H2,1H3. The maximum absolute atomic E-state index is 13.4. The first-order chi connectivity index (χ1) is 16.3. The number of carbonyl (C=O) groups excluding carboxylic acids is 1. The maximum atomic E-state index is 13.4. The van der Waals surface area contributed by atoms with Crippen LogP contribution in [0.4, 0.5) is 5.69 Å². The average Bonchev–Trinajstić information content (AvgIpc) is 3.40. The molecule has 2 aromatic carbocycles. The lowest BCUT2D eigenvalue weighted by Gasteiger charge is -2.39. The van der Waals surface area contributed by atoms with Crippen molar-refractivity contribution in [1.29, 1.82) is 0 Å². The van der Waals surface area contributed by atoms with Gasteiger partial charge < -0.3 is 9.64 Å². The number of piperazine rings is 1. The quantitative estimate of drug-likeness (QED) is 0.434. The summed E-state index contributed by atoms with van der Waals surface area (Å²) in [5, 5.41) is 11.3. The Balaban J connectivity index is 1.53. The summed E-state index contributed by atoms with van der Waals surface area (Å²) in [6.07, 6.45) is 1.99. The number of amides is 1. The van der Waals surface area contributed by atoms with E-state index in [0.29, 0.717) is 13.1 Å². The minimum Gasteiger partial charge on any atom is -0.490 e. The monoisotopic (exact) mass is 488 g/mol. The number of nitro benzene ring substituents is 1. The summed E-state index contributed by atoms with van der Waals surface area (Å²) in [6.45, 7) is 2.59. The number of benzene rings is 2. The largest absolute Gasteiger partial charge is 0.490 e. The van der Waals surface area contributed by atoms with Gasteiger partial charge >= 0.3 is 5.69 Å². The number of nitro groups is 1. The summed E-state index contributed by atoms with van der Waals surface area (Å²) in [5.41, 5.74) is 0.490. The number of rotatable bonds is 7. The summed E-state index contributed by atoms with van der Waals surface area (Å²) in [7, 11) is -2.65. The van der Waals surface area contributed by atoms with Crippen molar-refractivity contribution in [3.63, 3.8) is 0 Å². The minimum atomic E-state index is -3.94. The molecule has 4 rings (SSSR count). The minimum absolute atomic E-state index is 0.0000951. The highest BCUT2D eigenvalue weighted by atomic mass is 32.2. The zero-order valence-electron chi connectivity index (χ0n) is 19.0. The van der Waals surface area contributed by atoms with E-state index in [1.54, 1.807) is 0 Å². The molecular weight excluding hydrogens is 460 g/mol. The van der Waals surface area contributed by atoms with Crippen LogP contribution in [0.2, 0.25) is 0 Å². The SMILES string of the molecule is COc1ccc(S(=O)(=O)N2CCN(C(C(=O)N3CCCC3)c3ccccc3)CC2)cc1[N+](=O)[O-]. The van der Waals surface area contributed by atoms with Crippen LogP contribution >= 0.6 is 0 Å². The fraction of sp³-hybridized carbons (Fsp3) is 0.435. The molecule has 0 bridgehead atoms. The van der Waals surface area contributed by atoms with Gasteiger partial charge in [-0.2, -0.15) is 4.31 Å². The predicted octanol–water partition coefficient (Wildman–Crippen LogP) is 2.27. The molecule has 11 heteroatoms. The van der Waals surface area contributed by atoms with Gasteiger partial charge in [0.05, 0.1) is 16.9 Å². The first-order valence-corrected chi connectivity index (χ1v) is 12.7. The number of carbonyl (C=O) groups is 1. The van der Waals surface area contributed by atoms with Crippen LogP contribution in [0.25, 0.3) is 0 Å². The summed E-state index contributed by atoms with van der Waals surface area (Å²) in [4.78, 5) is 27.8. The number of ether oxygens (including phenoxy) is 1. The molecule has 10 nitrogen and oxygen atoms in total. The van der Waals surface area contributed by atoms with Crippen molar-refractivity contribution in [3.8, 4) is 5.75 Å². The number of hydrogen-bond donors (Lipinski definition) is 0. The van der Waals surface area contributed by atoms with E-state index < -0.39 is 26.7 Å². The van der Waals surface area contributed by atoms with E-state index in [-0.39, 0.29) is 29.6 Å². The van der Waals surface area contributed by atoms with Crippen molar-refractivity contribution in [1.82, 2.24) is 14.1 Å². The second-order valence-electron chi connectivity index (χ2n) is 8.38. The van der Waals surface area contributed by atoms with E-state index in [0.717, 1.165) is 37.6 Å². The van der Waals surface area contributed by atoms with Crippen molar-refractivity contribution in [2.45, 2.75) is 23.8 Å². The molecule has 2 heterocycles. The van der Waals surface area contributed by atoms with Gasteiger partial charge in [-0.15, -0.1) is 0 Å². The molecule has 1 atom stereocenters. The third-order valence-electron chi connectivity index (χ3n) is 6.39. The topological polar surface area (TPSA) is 113 Å². The summed E-state index contributed by atoms with van der Waals surface area (Å²) in [5.74, 6) is 0.0469. The van der Waals surface area contributed by atoms with E-state index in [9.17, 15) is 23.3 Å². The van der Waals surface area contributed by atoms with Crippen LogP contribution in [0.15, 0.2) is 53.4 Å². The number of nitrogens with zero attached hydrogens (tertiary/aromatic N) is 4. The first kappa shape index (κ1) is 24.1. The number of hydrogen-bond acceptors (Lipinski definition) is 7. The van der Waals surface area contributed by atoms with E-state index in [1.807, 2.05) is 40.1 Å². The van der Waals surface area contributed by atoms with Crippen LogP contribution in [-0.2, 0) is 14.8 Å². The molecule has 2 fully saturated rings. The molecule has 2 aliphatic heterocycles. The van der Waals surface area contributed by atoms with Gasteiger partial charge in [-0.1, -0.05) is 30.3 Å². The Morgan fingerprint density at radius 1 is 1.00 bits per heavy atom. The van der Waals surface area contributed by atoms with Gasteiger partial charge in [0.2, 0.25) is 15.9 Å². The Hall–Kier alpha value is -3.02. The molecule has 1 amide bonds. The molecular formula is C23H28N4O6S. The van der Waals surface area contributed by atoms with Gasteiger partial charge in [0.1, 0.15) is 6.04 Å². The van der Waals surface area contributed by atoms with Crippen LogP contribution in [0.3, 0.4) is 0 Å². The highest BCUT2D eigenvalue weighted by molar-refractivity contribution is 7.89. The molecule has 0 aliphatic carbocycles. The van der Waals surface area contributed by atoms with Gasteiger partial charge in [-0.05, 0) is 30.5 Å². The number of likely N-dealkylation sites (tertiary alicyclic amines) is 1. The van der Waals surface area contributed by atoms with E-state index in [4.69, 9.17) is 4.74 Å². The summed E-state index contributed by atoms with van der Waals surface area (Å²) >= 11 is 0. The molecule has 34 heavy (non-hydrogen) atoms. The average molecular weight is 489 g/mol. The number of methoxy groups -OCH3 is 1. The van der Waals surface area contributed by atoms with Gasteiger partial charge in [-0.3, -0.25) is 19.8 Å². The molecule has 0 radical (unpaired) electrons. The zero-order valence-corrected chi connectivity index (χ0v) is 19.8. The van der Waals surface area contributed by atoms with E-state index in [2.05, 4.69) is 0 Å². The van der Waals surface area contributed by atoms with Crippen molar-refractivity contribution in [3.05, 3.63) is 64.2 Å². The number of sulfonamides is 1. The van der Waals surface area contributed by atoms with Crippen molar-refractivity contribution in [2.75, 3.05) is 46.4 Å². The Morgan fingerprint density at radius 3 is 2.24 bits per heavy atom. The lowest BCUT2D eigenvalue weighted by atomic mass is 10.0. The Labute approximate surface area is 198 Å². The highest BCUT2D eigenvalue weighted by Crippen LogP contribution is 2.32. The molecule has 0 spiro atoms. The van der Waals surface area contributed by atoms with Crippen LogP contribution in [0, 0.1) is 10.1 Å². The molecule has 0 saturated carbocycles. The van der Waals surface area contributed by atoms with Crippen molar-refractivity contribution < 1.29 is 22.9 Å². The second-order valence-corrected chi connectivity index (χ2v) is 10.3. The van der Waals surface area contributed by atoms with Crippen molar-refractivity contribution in [2.24, 2.45) is 0 Å². The fourth-order valence-corrected chi connectivity index (χ4v) is 6.02. The Bertz CT molecular complexity index is 1140. The van der Waals surface area contributed by atoms with Crippen LogP contribution in [0.1, 0.15) is 24.4 Å². The van der Waals surface area contributed by atoms with Crippen LogP contribution in [-0.4, -0.2) is 79.7 Å². The lowest BCUT2D eigenvalue weighted by molar-refractivity contribution is -0.386. The molecule has 2 aliphatic rings. The molecule has 0 aromatic heterocycles. The molecule has 0 N–H and O–H groups in total. The van der Waals surface area contributed by atoms with E-state index in [1.165, 1.54) is 23.5 Å². The highest BCUT2D eigenvalue weighted by Gasteiger charge is 2.37. The maximum Gasteiger partial charge on any atom is 0.312 e. The predicted molar refractivity (Wildman–Crippen MR) is 125 cm³/mol. The van der Waals surface area contributed by atoms with Gasteiger partial charge in [0, 0.05) is 45.3 Å². The van der Waals surface area contributed by atoms with Crippen LogP contribution < -0.4 is 4.74 Å². The normalized spacial score (nSPS) is 18.6. The third kappa shape index (κ3) is 4.77. The fourth-order valence-electron chi connectivity index (χ4n) is 4.58. The van der Waals surface area contributed by atoms with Crippen molar-refractivity contribution >= 4 is 21.6 Å². The molecule has 1 unspecified atom stereocenters. The molecule has 2 aromatic rings. The third-order valence-corrected chi connectivity index (χ3v) is 8.28. The Morgan fingerprint density at radius 2 is 1.65 bits per heavy atom. The van der Waals surface area contributed by atoms with E-state index >= 15 is 0 Å². The smallest absolute Gasteiger partial charge is 0.312 e. The van der Waals surface area contributed by atoms with Crippen LogP contribution in [0.5, 0.6) is 5.75 Å². The molecule has 182 valence electrons. The van der Waals surface area contributed by atoms with Gasteiger partial charge in [0.25, 0.3) is 0 Å². The lowest BCUT2D eigenvalue weighted by Crippen LogP contribution is -2.52. The molecule has 2 saturated heterocycles. The second kappa shape index (κ2) is 10.1. The zero-order chi connectivity index (χ0) is 24.3. The summed E-state index contributed by atoms with van der Waals surface area (Å²) < 4.78 is 32.7. The summed E-state index contributed by atoms with van der Waals surface area (Å²) in [6, 6.07) is 12.7. The first-order valence-electron chi connectivity index (χ1n) is 11.2.